The molecule has 0 saturated heterocycles. The molecule has 0 N–H and O–H groups in total. The summed E-state index contributed by atoms with van der Waals surface area (Å²) in [4.78, 5) is 27.5. The summed E-state index contributed by atoms with van der Waals surface area (Å²) in [7, 11) is 0. The van der Waals surface area contributed by atoms with Crippen molar-refractivity contribution < 1.29 is 9.21 Å². The van der Waals surface area contributed by atoms with Crippen molar-refractivity contribution in [2.45, 2.75) is 38.8 Å². The quantitative estimate of drug-likeness (QED) is 0.707. The van der Waals surface area contributed by atoms with E-state index in [0.717, 1.165) is 23.4 Å². The molecule has 2 aromatic heterocycles. The summed E-state index contributed by atoms with van der Waals surface area (Å²) in [5.74, 6) is -0.236. The molecule has 3 heterocycles. The Morgan fingerprint density at radius 3 is 2.96 bits per heavy atom. The SMILES string of the molecule is C[C@@H]1CCc2ccccc2N1C(=O)CCn1nc(-c2cccs2)oc1=O. The van der Waals surface area contributed by atoms with Crippen molar-refractivity contribution in [2.75, 3.05) is 4.90 Å². The average Bonchev–Trinajstić information content (AvgIpc) is 3.29. The van der Waals surface area contributed by atoms with Gasteiger partial charge in [-0.3, -0.25) is 4.79 Å². The van der Waals surface area contributed by atoms with Gasteiger partial charge in [-0.1, -0.05) is 24.3 Å². The molecule has 6 nitrogen and oxygen atoms in total. The molecule has 0 aliphatic carbocycles. The normalized spacial score (nSPS) is 16.5. The molecule has 0 spiro atoms. The van der Waals surface area contributed by atoms with Crippen molar-refractivity contribution in [2.24, 2.45) is 0 Å². The van der Waals surface area contributed by atoms with Gasteiger partial charge >= 0.3 is 5.76 Å². The lowest BCUT2D eigenvalue weighted by molar-refractivity contribution is -0.119. The van der Waals surface area contributed by atoms with E-state index in [1.54, 1.807) is 0 Å². The van der Waals surface area contributed by atoms with Crippen LogP contribution in [0.2, 0.25) is 0 Å². The Bertz CT molecular complexity index is 974. The van der Waals surface area contributed by atoms with Crippen molar-refractivity contribution in [3.63, 3.8) is 0 Å². The number of thiophene rings is 1. The fraction of sp³-hybridized carbons (Fsp3) is 0.316. The number of amides is 1. The van der Waals surface area contributed by atoms with Gasteiger partial charge in [-0.25, -0.2) is 4.79 Å². The molecule has 0 saturated carbocycles. The number of hydrogen-bond acceptors (Lipinski definition) is 5. The number of benzene rings is 1. The van der Waals surface area contributed by atoms with E-state index < -0.39 is 5.76 Å². The Morgan fingerprint density at radius 2 is 2.15 bits per heavy atom. The third-order valence-electron chi connectivity index (χ3n) is 4.67. The van der Waals surface area contributed by atoms with Crippen LogP contribution in [-0.4, -0.2) is 21.7 Å². The van der Waals surface area contributed by atoms with Crippen LogP contribution >= 0.6 is 11.3 Å². The second-order valence-corrected chi connectivity index (χ2v) is 7.35. The van der Waals surface area contributed by atoms with Gasteiger partial charge in [-0.2, -0.15) is 4.68 Å². The molecule has 1 amide bonds. The number of anilines is 1. The summed E-state index contributed by atoms with van der Waals surface area (Å²) in [5.41, 5.74) is 2.17. The van der Waals surface area contributed by atoms with Crippen LogP contribution < -0.4 is 10.7 Å². The molecule has 1 atom stereocenters. The maximum Gasteiger partial charge on any atom is 0.437 e. The Morgan fingerprint density at radius 1 is 1.31 bits per heavy atom. The van der Waals surface area contributed by atoms with E-state index in [4.69, 9.17) is 4.42 Å². The van der Waals surface area contributed by atoms with E-state index in [1.807, 2.05) is 40.6 Å². The lowest BCUT2D eigenvalue weighted by Crippen LogP contribution is -2.42. The zero-order valence-electron chi connectivity index (χ0n) is 14.4. The highest BCUT2D eigenvalue weighted by molar-refractivity contribution is 7.13. The van der Waals surface area contributed by atoms with Crippen LogP contribution in [-0.2, 0) is 17.8 Å². The number of nitrogens with zero attached hydrogens (tertiary/aromatic N) is 3. The van der Waals surface area contributed by atoms with Gasteiger partial charge in [0.05, 0.1) is 11.4 Å². The second kappa shape index (κ2) is 6.92. The molecule has 1 aromatic carbocycles. The van der Waals surface area contributed by atoms with E-state index >= 15 is 0 Å². The van der Waals surface area contributed by atoms with E-state index in [-0.39, 0.29) is 24.9 Å². The highest BCUT2D eigenvalue weighted by Crippen LogP contribution is 2.31. The van der Waals surface area contributed by atoms with Crippen LogP contribution in [0.5, 0.6) is 0 Å². The molecule has 134 valence electrons. The van der Waals surface area contributed by atoms with Crippen LogP contribution in [0.15, 0.2) is 51.0 Å². The summed E-state index contributed by atoms with van der Waals surface area (Å²) >= 11 is 1.45. The van der Waals surface area contributed by atoms with E-state index in [9.17, 15) is 9.59 Å². The van der Waals surface area contributed by atoms with Crippen LogP contribution in [0.4, 0.5) is 5.69 Å². The summed E-state index contributed by atoms with van der Waals surface area (Å²) in [5, 5.41) is 6.11. The number of para-hydroxylation sites is 1. The Kier molecular flexibility index (Phi) is 4.46. The number of hydrogen-bond donors (Lipinski definition) is 0. The van der Waals surface area contributed by atoms with Crippen molar-refractivity contribution in [1.29, 1.82) is 0 Å². The summed E-state index contributed by atoms with van der Waals surface area (Å²) < 4.78 is 6.43. The van der Waals surface area contributed by atoms with Crippen LogP contribution in [0.1, 0.15) is 25.3 Å². The van der Waals surface area contributed by atoms with Crippen molar-refractivity contribution >= 4 is 22.9 Å². The first-order valence-corrected chi connectivity index (χ1v) is 9.53. The lowest BCUT2D eigenvalue weighted by atomic mass is 9.96. The minimum Gasteiger partial charge on any atom is -0.387 e. The fourth-order valence-electron chi connectivity index (χ4n) is 3.34. The Hall–Kier alpha value is -2.67. The molecule has 26 heavy (non-hydrogen) atoms. The standard InChI is InChI=1S/C19H19N3O3S/c1-13-8-9-14-5-2-3-6-15(14)22(13)17(23)10-11-21-19(24)25-18(20-21)16-7-4-12-26-16/h2-7,12-13H,8-11H2,1H3/t13-/m1/s1. The third-order valence-corrected chi connectivity index (χ3v) is 5.53. The van der Waals surface area contributed by atoms with Gasteiger partial charge in [0.15, 0.2) is 0 Å². The topological polar surface area (TPSA) is 68.3 Å². The van der Waals surface area contributed by atoms with Crippen LogP contribution in [0.3, 0.4) is 0 Å². The molecule has 0 radical (unpaired) electrons. The molecule has 3 aromatic rings. The molecular formula is C19H19N3O3S. The third kappa shape index (κ3) is 3.10. The van der Waals surface area contributed by atoms with Gasteiger partial charge in [0.2, 0.25) is 5.91 Å². The number of aromatic nitrogens is 2. The van der Waals surface area contributed by atoms with Crippen molar-refractivity contribution in [3.8, 4) is 10.8 Å². The summed E-state index contributed by atoms with van der Waals surface area (Å²) in [6, 6.07) is 11.9. The first-order chi connectivity index (χ1) is 12.6. The predicted octanol–water partition coefficient (Wildman–Crippen LogP) is 3.32. The number of carbonyl (C=O) groups is 1. The molecule has 0 bridgehead atoms. The number of fused-ring (bicyclic) bond motifs is 1. The minimum absolute atomic E-state index is 0.00257. The maximum atomic E-state index is 12.8. The second-order valence-electron chi connectivity index (χ2n) is 6.40. The highest BCUT2D eigenvalue weighted by Gasteiger charge is 2.27. The van der Waals surface area contributed by atoms with Crippen LogP contribution in [0.25, 0.3) is 10.8 Å². The molecular weight excluding hydrogens is 350 g/mol. The number of rotatable bonds is 4. The van der Waals surface area contributed by atoms with E-state index in [1.165, 1.54) is 21.6 Å². The maximum absolute atomic E-state index is 12.8. The summed E-state index contributed by atoms with van der Waals surface area (Å²) in [6.45, 7) is 2.27. The van der Waals surface area contributed by atoms with Gasteiger partial charge in [0.25, 0.3) is 5.89 Å². The molecule has 1 aliphatic rings. The molecule has 1 aliphatic heterocycles. The first-order valence-electron chi connectivity index (χ1n) is 8.65. The van der Waals surface area contributed by atoms with Gasteiger partial charge < -0.3 is 9.32 Å². The largest absolute Gasteiger partial charge is 0.437 e. The smallest absolute Gasteiger partial charge is 0.387 e. The number of aryl methyl sites for hydroxylation is 2. The molecule has 4 rings (SSSR count). The zero-order valence-corrected chi connectivity index (χ0v) is 15.2. The Balaban J connectivity index is 1.50. The van der Waals surface area contributed by atoms with Crippen LogP contribution in [0, 0.1) is 0 Å². The fourth-order valence-corrected chi connectivity index (χ4v) is 3.98. The minimum atomic E-state index is -0.534. The van der Waals surface area contributed by atoms with Gasteiger partial charge in [-0.05, 0) is 42.8 Å². The first kappa shape index (κ1) is 16.8. The van der Waals surface area contributed by atoms with E-state index in [2.05, 4.69) is 18.1 Å². The highest BCUT2D eigenvalue weighted by atomic mass is 32.1. The molecule has 0 unspecified atom stereocenters. The number of carbonyl (C=O) groups excluding carboxylic acids is 1. The van der Waals surface area contributed by atoms with Gasteiger partial charge in [0, 0.05) is 18.2 Å². The predicted molar refractivity (Wildman–Crippen MR) is 100 cm³/mol. The zero-order chi connectivity index (χ0) is 18.1. The van der Waals surface area contributed by atoms with Gasteiger partial charge in [0.1, 0.15) is 0 Å². The van der Waals surface area contributed by atoms with Crippen molar-refractivity contribution in [3.05, 3.63) is 57.9 Å². The lowest BCUT2D eigenvalue weighted by Gasteiger charge is -2.35. The average molecular weight is 369 g/mol. The van der Waals surface area contributed by atoms with Crippen molar-refractivity contribution in [1.82, 2.24) is 9.78 Å². The monoisotopic (exact) mass is 369 g/mol. The van der Waals surface area contributed by atoms with Gasteiger partial charge in [-0.15, -0.1) is 16.4 Å². The molecule has 0 fully saturated rings. The Labute approximate surface area is 154 Å². The molecule has 7 heteroatoms. The summed E-state index contributed by atoms with van der Waals surface area (Å²) in [6.07, 6.45) is 2.12. The van der Waals surface area contributed by atoms with E-state index in [0.29, 0.717) is 5.89 Å².